The van der Waals surface area contributed by atoms with Crippen LogP contribution in [0.5, 0.6) is 0 Å². The normalized spacial score (nSPS) is 11.0. The van der Waals surface area contributed by atoms with E-state index >= 15 is 0 Å². The number of hydrogen-bond acceptors (Lipinski definition) is 2. The maximum atomic E-state index is 12.4. The predicted molar refractivity (Wildman–Crippen MR) is 97.6 cm³/mol. The van der Waals surface area contributed by atoms with Crippen molar-refractivity contribution in [3.63, 3.8) is 0 Å². The molecule has 0 bridgehead atoms. The number of carbonyl (C=O) groups excluding carboxylic acids is 2. The highest BCUT2D eigenvalue weighted by Gasteiger charge is 2.17. The topological polar surface area (TPSA) is 39.1 Å². The average Bonchev–Trinajstić information content (AvgIpc) is 2.97. The van der Waals surface area contributed by atoms with Crippen LogP contribution in [0.3, 0.4) is 0 Å². The molecule has 3 nitrogen and oxygen atoms in total. The summed E-state index contributed by atoms with van der Waals surface area (Å²) in [5.74, 6) is 0.125. The Morgan fingerprint density at radius 3 is 2.21 bits per heavy atom. The molecule has 0 spiro atoms. The summed E-state index contributed by atoms with van der Waals surface area (Å²) in [6.45, 7) is 3.69. The lowest BCUT2D eigenvalue weighted by atomic mass is 9.98. The lowest BCUT2D eigenvalue weighted by Gasteiger charge is -2.07. The number of carbonyl (C=O) groups is 2. The van der Waals surface area contributed by atoms with Crippen molar-refractivity contribution in [1.82, 2.24) is 4.57 Å². The van der Waals surface area contributed by atoms with Crippen LogP contribution in [0, 0.1) is 0 Å². The summed E-state index contributed by atoms with van der Waals surface area (Å²) < 4.78 is 2.06. The van der Waals surface area contributed by atoms with E-state index in [0.717, 1.165) is 22.2 Å². The molecule has 3 aromatic rings. The first-order valence-electron chi connectivity index (χ1n) is 8.32. The van der Waals surface area contributed by atoms with Gasteiger partial charge in [-0.2, -0.15) is 0 Å². The summed E-state index contributed by atoms with van der Waals surface area (Å²) in [6, 6.07) is 15.8. The second-order valence-corrected chi connectivity index (χ2v) is 5.96. The molecule has 0 aliphatic heterocycles. The minimum atomic E-state index is 0.0597. The number of rotatable bonds is 5. The number of hydrogen-bond donors (Lipinski definition) is 0. The molecule has 0 aliphatic carbocycles. The van der Waals surface area contributed by atoms with Gasteiger partial charge in [0.05, 0.1) is 0 Å². The molecule has 0 fully saturated rings. The van der Waals surface area contributed by atoms with E-state index in [4.69, 9.17) is 0 Å². The number of ketones is 2. The molecule has 1 aromatic heterocycles. The molecule has 0 radical (unpaired) electrons. The van der Waals surface area contributed by atoms with Crippen LogP contribution in [0.15, 0.2) is 48.5 Å². The fourth-order valence-corrected chi connectivity index (χ4v) is 3.10. The van der Waals surface area contributed by atoms with Gasteiger partial charge in [-0.25, -0.2) is 0 Å². The second kappa shape index (κ2) is 6.44. The van der Waals surface area contributed by atoms with Crippen molar-refractivity contribution < 1.29 is 9.59 Å². The smallest absolute Gasteiger partial charge is 0.163 e. The molecule has 0 saturated heterocycles. The predicted octanol–water partition coefficient (Wildman–Crippen LogP) is 5.03. The zero-order chi connectivity index (χ0) is 17.3. The van der Waals surface area contributed by atoms with Crippen LogP contribution in [0.25, 0.3) is 22.2 Å². The molecule has 3 rings (SSSR count). The Kier molecular flexibility index (Phi) is 4.34. The van der Waals surface area contributed by atoms with E-state index in [0.29, 0.717) is 24.0 Å². The van der Waals surface area contributed by atoms with Gasteiger partial charge >= 0.3 is 0 Å². The summed E-state index contributed by atoms with van der Waals surface area (Å²) in [4.78, 5) is 24.6. The van der Waals surface area contributed by atoms with E-state index in [1.165, 1.54) is 0 Å². The van der Waals surface area contributed by atoms with Gasteiger partial charge in [0, 0.05) is 47.6 Å². The Hall–Kier alpha value is -2.68. The molecule has 0 amide bonds. The van der Waals surface area contributed by atoms with E-state index in [9.17, 15) is 9.59 Å². The van der Waals surface area contributed by atoms with E-state index in [-0.39, 0.29) is 11.6 Å². The molecule has 0 aliphatic rings. The number of nitrogens with zero attached hydrogens (tertiary/aromatic N) is 1. The number of fused-ring (bicyclic) bond motifs is 1. The van der Waals surface area contributed by atoms with Crippen LogP contribution < -0.4 is 0 Å². The Morgan fingerprint density at radius 2 is 1.58 bits per heavy atom. The molecule has 0 N–H and O–H groups in total. The van der Waals surface area contributed by atoms with Crippen LogP contribution >= 0.6 is 0 Å². The summed E-state index contributed by atoms with van der Waals surface area (Å²) in [7, 11) is 1.98. The fraction of sp³-hybridized carbons (Fsp3) is 0.238. The van der Waals surface area contributed by atoms with Crippen molar-refractivity contribution in [2.45, 2.75) is 26.7 Å². The summed E-state index contributed by atoms with van der Waals surface area (Å²) >= 11 is 0. The maximum Gasteiger partial charge on any atom is 0.163 e. The van der Waals surface area contributed by atoms with E-state index in [2.05, 4.69) is 4.57 Å². The van der Waals surface area contributed by atoms with Gasteiger partial charge in [-0.1, -0.05) is 44.2 Å². The Balaban J connectivity index is 2.32. The highest BCUT2D eigenvalue weighted by molar-refractivity contribution is 6.12. The molecular formula is C21H21NO2. The van der Waals surface area contributed by atoms with Crippen molar-refractivity contribution in [3.05, 3.63) is 59.7 Å². The molecule has 1 heterocycles. The number of aryl methyl sites for hydroxylation is 1. The van der Waals surface area contributed by atoms with Crippen LogP contribution in [0.2, 0.25) is 0 Å². The van der Waals surface area contributed by atoms with E-state index in [1.807, 2.05) is 63.4 Å². The Bertz CT molecular complexity index is 920. The van der Waals surface area contributed by atoms with Gasteiger partial charge in [-0.15, -0.1) is 0 Å². The largest absolute Gasteiger partial charge is 0.344 e. The van der Waals surface area contributed by atoms with Crippen molar-refractivity contribution in [1.29, 1.82) is 0 Å². The molecule has 0 saturated carbocycles. The lowest BCUT2D eigenvalue weighted by Crippen LogP contribution is -2.03. The van der Waals surface area contributed by atoms with Crippen molar-refractivity contribution in [3.8, 4) is 11.3 Å². The number of benzene rings is 2. The molecule has 122 valence electrons. The first-order chi connectivity index (χ1) is 11.6. The monoisotopic (exact) mass is 319 g/mol. The van der Waals surface area contributed by atoms with Gasteiger partial charge < -0.3 is 4.57 Å². The number of Topliss-reactive ketones (excluding diaryl/α,β-unsaturated/α-hetero) is 2. The second-order valence-electron chi connectivity index (χ2n) is 5.96. The summed E-state index contributed by atoms with van der Waals surface area (Å²) in [5, 5.41) is 0.913. The minimum Gasteiger partial charge on any atom is -0.344 e. The third-order valence-electron chi connectivity index (χ3n) is 4.50. The molecule has 3 heteroatoms. The summed E-state index contributed by atoms with van der Waals surface area (Å²) in [5.41, 5.74) is 4.31. The maximum absolute atomic E-state index is 12.4. The third-order valence-corrected chi connectivity index (χ3v) is 4.50. The highest BCUT2D eigenvalue weighted by Crippen LogP contribution is 2.31. The standard InChI is InChI=1S/C21H21NO2/c1-4-20(23)15-11-17(21(24)5-2)16-13-18(22(3)19(16)12-15)14-9-7-6-8-10-14/h6-13H,4-5H2,1-3H3. The van der Waals surface area contributed by atoms with Crippen LogP contribution in [-0.2, 0) is 7.05 Å². The van der Waals surface area contributed by atoms with Crippen LogP contribution in [0.4, 0.5) is 0 Å². The highest BCUT2D eigenvalue weighted by atomic mass is 16.1. The number of aromatic nitrogens is 1. The fourth-order valence-electron chi connectivity index (χ4n) is 3.10. The van der Waals surface area contributed by atoms with E-state index < -0.39 is 0 Å². The molecule has 24 heavy (non-hydrogen) atoms. The third kappa shape index (κ3) is 2.67. The van der Waals surface area contributed by atoms with Gasteiger partial charge in [0.15, 0.2) is 11.6 Å². The zero-order valence-corrected chi connectivity index (χ0v) is 14.3. The SMILES string of the molecule is CCC(=O)c1cc(C(=O)CC)c2cc(-c3ccccc3)n(C)c2c1. The molecular weight excluding hydrogens is 298 g/mol. The van der Waals surface area contributed by atoms with Gasteiger partial charge in [0.1, 0.15) is 0 Å². The van der Waals surface area contributed by atoms with Gasteiger partial charge in [0.25, 0.3) is 0 Å². The van der Waals surface area contributed by atoms with Crippen molar-refractivity contribution in [2.24, 2.45) is 7.05 Å². The minimum absolute atomic E-state index is 0.0597. The van der Waals surface area contributed by atoms with Gasteiger partial charge in [-0.3, -0.25) is 9.59 Å². The first kappa shape index (κ1) is 16.2. The molecule has 2 aromatic carbocycles. The quantitative estimate of drug-likeness (QED) is 0.619. The Labute approximate surface area is 141 Å². The van der Waals surface area contributed by atoms with Crippen molar-refractivity contribution >= 4 is 22.5 Å². The lowest BCUT2D eigenvalue weighted by molar-refractivity contribution is 0.0987. The first-order valence-corrected chi connectivity index (χ1v) is 8.32. The average molecular weight is 319 g/mol. The van der Waals surface area contributed by atoms with Crippen molar-refractivity contribution in [2.75, 3.05) is 0 Å². The van der Waals surface area contributed by atoms with Crippen LogP contribution in [-0.4, -0.2) is 16.1 Å². The molecule has 0 unspecified atom stereocenters. The Morgan fingerprint density at radius 1 is 0.917 bits per heavy atom. The zero-order valence-electron chi connectivity index (χ0n) is 14.3. The van der Waals surface area contributed by atoms with Gasteiger partial charge in [-0.05, 0) is 23.8 Å². The van der Waals surface area contributed by atoms with Gasteiger partial charge in [0.2, 0.25) is 0 Å². The summed E-state index contributed by atoms with van der Waals surface area (Å²) in [6.07, 6.45) is 0.857. The molecule has 0 atom stereocenters. The van der Waals surface area contributed by atoms with Crippen LogP contribution in [0.1, 0.15) is 47.4 Å². The van der Waals surface area contributed by atoms with E-state index in [1.54, 1.807) is 6.07 Å².